The van der Waals surface area contributed by atoms with E-state index in [1.807, 2.05) is 0 Å². The first-order chi connectivity index (χ1) is 8.70. The Morgan fingerprint density at radius 3 is 2.56 bits per heavy atom. The molecule has 0 saturated carbocycles. The lowest BCUT2D eigenvalue weighted by Gasteiger charge is -2.23. The van der Waals surface area contributed by atoms with Crippen molar-refractivity contribution in [2.45, 2.75) is 45.6 Å². The van der Waals surface area contributed by atoms with Gasteiger partial charge < -0.3 is 10.2 Å². The molecule has 1 saturated heterocycles. The van der Waals surface area contributed by atoms with Gasteiger partial charge in [0.25, 0.3) is 0 Å². The number of nitrogens with one attached hydrogen (secondary N) is 1. The zero-order chi connectivity index (χ0) is 13.0. The molecule has 1 heterocycles. The zero-order valence-corrected chi connectivity index (χ0v) is 11.9. The predicted octanol–water partition coefficient (Wildman–Crippen LogP) is 3.39. The van der Waals surface area contributed by atoms with E-state index >= 15 is 0 Å². The van der Waals surface area contributed by atoms with Crippen LogP contribution >= 0.6 is 0 Å². The minimum atomic E-state index is 0.620. The quantitative estimate of drug-likeness (QED) is 0.879. The minimum Gasteiger partial charge on any atom is -0.370 e. The van der Waals surface area contributed by atoms with Crippen molar-refractivity contribution in [3.05, 3.63) is 29.8 Å². The zero-order valence-electron chi connectivity index (χ0n) is 11.9. The molecule has 0 amide bonds. The van der Waals surface area contributed by atoms with Crippen LogP contribution in [0.2, 0.25) is 0 Å². The number of rotatable bonds is 3. The molecule has 1 fully saturated rings. The predicted molar refractivity (Wildman–Crippen MR) is 79.4 cm³/mol. The molecule has 2 heteroatoms. The molecule has 1 aliphatic rings. The molecule has 0 aromatic heterocycles. The fourth-order valence-corrected chi connectivity index (χ4v) is 2.61. The van der Waals surface area contributed by atoms with Gasteiger partial charge in [-0.15, -0.1) is 0 Å². The van der Waals surface area contributed by atoms with Crippen LogP contribution in [-0.2, 0) is 0 Å². The Bertz CT molecular complexity index is 356. The van der Waals surface area contributed by atoms with Crippen LogP contribution < -0.4 is 10.2 Å². The molecule has 0 bridgehead atoms. The highest BCUT2D eigenvalue weighted by Crippen LogP contribution is 2.21. The second kappa shape index (κ2) is 6.24. The van der Waals surface area contributed by atoms with Gasteiger partial charge in [-0.2, -0.15) is 0 Å². The van der Waals surface area contributed by atoms with Crippen LogP contribution in [0.5, 0.6) is 0 Å². The van der Waals surface area contributed by atoms with Crippen molar-refractivity contribution in [1.29, 1.82) is 0 Å². The van der Waals surface area contributed by atoms with E-state index in [-0.39, 0.29) is 0 Å². The van der Waals surface area contributed by atoms with Gasteiger partial charge in [0.15, 0.2) is 0 Å². The number of benzene rings is 1. The highest BCUT2D eigenvalue weighted by atomic mass is 15.2. The molecule has 0 radical (unpaired) electrons. The molecular formula is C16H26N2. The third-order valence-corrected chi connectivity index (χ3v) is 3.98. The summed E-state index contributed by atoms with van der Waals surface area (Å²) in [5, 5.41) is 3.62. The third kappa shape index (κ3) is 3.26. The molecule has 1 aromatic rings. The van der Waals surface area contributed by atoms with E-state index in [0.717, 1.165) is 13.1 Å². The molecule has 100 valence electrons. The molecule has 1 aromatic carbocycles. The standard InChI is InChI=1S/C16H26N2/c1-4-15-9-11-18(12-10-17-15)16-7-5-14(6-8-16)13(2)3/h5-8,13,15,17H,4,9-12H2,1-3H3. The maximum Gasteiger partial charge on any atom is 0.0366 e. The maximum absolute atomic E-state index is 3.62. The van der Waals surface area contributed by atoms with E-state index in [9.17, 15) is 0 Å². The molecule has 1 unspecified atom stereocenters. The molecular weight excluding hydrogens is 220 g/mol. The second-order valence-corrected chi connectivity index (χ2v) is 5.58. The lowest BCUT2D eigenvalue weighted by Crippen LogP contribution is -2.29. The van der Waals surface area contributed by atoms with Crippen LogP contribution in [0.1, 0.15) is 45.1 Å². The number of hydrogen-bond acceptors (Lipinski definition) is 2. The molecule has 1 aliphatic heterocycles. The van der Waals surface area contributed by atoms with Crippen molar-refractivity contribution in [3.8, 4) is 0 Å². The van der Waals surface area contributed by atoms with Gasteiger partial charge in [-0.3, -0.25) is 0 Å². The summed E-state index contributed by atoms with van der Waals surface area (Å²) in [6.45, 7) is 10.2. The Morgan fingerprint density at radius 2 is 1.94 bits per heavy atom. The average molecular weight is 246 g/mol. The molecule has 2 rings (SSSR count). The maximum atomic E-state index is 3.62. The Labute approximate surface area is 111 Å². The number of nitrogens with zero attached hydrogens (tertiary/aromatic N) is 1. The highest BCUT2D eigenvalue weighted by Gasteiger charge is 2.15. The van der Waals surface area contributed by atoms with E-state index in [1.165, 1.54) is 30.6 Å². The second-order valence-electron chi connectivity index (χ2n) is 5.58. The van der Waals surface area contributed by atoms with Crippen molar-refractivity contribution in [3.63, 3.8) is 0 Å². The molecule has 1 N–H and O–H groups in total. The first-order valence-electron chi connectivity index (χ1n) is 7.29. The Hall–Kier alpha value is -1.02. The third-order valence-electron chi connectivity index (χ3n) is 3.98. The summed E-state index contributed by atoms with van der Waals surface area (Å²) >= 11 is 0. The summed E-state index contributed by atoms with van der Waals surface area (Å²) in [7, 11) is 0. The normalized spacial score (nSPS) is 21.1. The summed E-state index contributed by atoms with van der Waals surface area (Å²) in [6, 6.07) is 9.80. The van der Waals surface area contributed by atoms with E-state index in [0.29, 0.717) is 12.0 Å². The fraction of sp³-hybridized carbons (Fsp3) is 0.625. The van der Waals surface area contributed by atoms with Gasteiger partial charge in [0, 0.05) is 31.4 Å². The Morgan fingerprint density at radius 1 is 1.22 bits per heavy atom. The first-order valence-corrected chi connectivity index (χ1v) is 7.29. The van der Waals surface area contributed by atoms with Gasteiger partial charge in [-0.1, -0.05) is 32.9 Å². The van der Waals surface area contributed by atoms with Gasteiger partial charge in [0.2, 0.25) is 0 Å². The largest absolute Gasteiger partial charge is 0.370 e. The van der Waals surface area contributed by atoms with Gasteiger partial charge in [-0.05, 0) is 36.5 Å². The summed E-state index contributed by atoms with van der Waals surface area (Å²) in [4.78, 5) is 2.51. The summed E-state index contributed by atoms with van der Waals surface area (Å²) in [6.07, 6.45) is 2.49. The monoisotopic (exact) mass is 246 g/mol. The smallest absolute Gasteiger partial charge is 0.0366 e. The van der Waals surface area contributed by atoms with Crippen LogP contribution in [0.3, 0.4) is 0 Å². The summed E-state index contributed by atoms with van der Waals surface area (Å²) < 4.78 is 0. The van der Waals surface area contributed by atoms with Gasteiger partial charge in [-0.25, -0.2) is 0 Å². The number of anilines is 1. The molecule has 18 heavy (non-hydrogen) atoms. The molecule has 0 aliphatic carbocycles. The van der Waals surface area contributed by atoms with E-state index < -0.39 is 0 Å². The van der Waals surface area contributed by atoms with Gasteiger partial charge in [0.05, 0.1) is 0 Å². The van der Waals surface area contributed by atoms with Gasteiger partial charge in [0.1, 0.15) is 0 Å². The van der Waals surface area contributed by atoms with Crippen LogP contribution in [0.25, 0.3) is 0 Å². The van der Waals surface area contributed by atoms with Crippen LogP contribution in [0.15, 0.2) is 24.3 Å². The van der Waals surface area contributed by atoms with E-state index in [2.05, 4.69) is 55.3 Å². The van der Waals surface area contributed by atoms with Crippen molar-refractivity contribution < 1.29 is 0 Å². The van der Waals surface area contributed by atoms with Crippen molar-refractivity contribution in [1.82, 2.24) is 5.32 Å². The van der Waals surface area contributed by atoms with Crippen molar-refractivity contribution in [2.75, 3.05) is 24.5 Å². The molecule has 0 spiro atoms. The lowest BCUT2D eigenvalue weighted by atomic mass is 10.0. The lowest BCUT2D eigenvalue weighted by molar-refractivity contribution is 0.510. The van der Waals surface area contributed by atoms with E-state index in [4.69, 9.17) is 0 Å². The van der Waals surface area contributed by atoms with Crippen LogP contribution in [0.4, 0.5) is 5.69 Å². The fourth-order valence-electron chi connectivity index (χ4n) is 2.61. The average Bonchev–Trinajstić information content (AvgIpc) is 2.64. The Balaban J connectivity index is 2.02. The van der Waals surface area contributed by atoms with Crippen LogP contribution in [0, 0.1) is 0 Å². The summed E-state index contributed by atoms with van der Waals surface area (Å²) in [5.41, 5.74) is 2.80. The molecule has 2 nitrogen and oxygen atoms in total. The van der Waals surface area contributed by atoms with Crippen LogP contribution in [-0.4, -0.2) is 25.7 Å². The number of hydrogen-bond donors (Lipinski definition) is 1. The van der Waals surface area contributed by atoms with Crippen molar-refractivity contribution >= 4 is 5.69 Å². The van der Waals surface area contributed by atoms with Gasteiger partial charge >= 0.3 is 0 Å². The Kier molecular flexibility index (Phi) is 4.65. The summed E-state index contributed by atoms with van der Waals surface area (Å²) in [5.74, 6) is 0.620. The van der Waals surface area contributed by atoms with E-state index in [1.54, 1.807) is 0 Å². The SMILES string of the molecule is CCC1CCN(c2ccc(C(C)C)cc2)CCN1. The molecule has 1 atom stereocenters. The minimum absolute atomic E-state index is 0.620. The first kappa shape index (κ1) is 13.4. The topological polar surface area (TPSA) is 15.3 Å². The highest BCUT2D eigenvalue weighted by molar-refractivity contribution is 5.48. The van der Waals surface area contributed by atoms with Crippen molar-refractivity contribution in [2.24, 2.45) is 0 Å².